The monoisotopic (exact) mass is 240 g/mol. The van der Waals surface area contributed by atoms with Crippen LogP contribution in [0.25, 0.3) is 0 Å². The Morgan fingerprint density at radius 1 is 1.29 bits per heavy atom. The molecule has 1 aliphatic carbocycles. The van der Waals surface area contributed by atoms with Crippen molar-refractivity contribution in [3.63, 3.8) is 0 Å². The van der Waals surface area contributed by atoms with Crippen LogP contribution in [0.2, 0.25) is 0 Å². The molecule has 3 nitrogen and oxygen atoms in total. The predicted octanol–water partition coefficient (Wildman–Crippen LogP) is 2.45. The van der Waals surface area contributed by atoms with E-state index in [0.29, 0.717) is 24.3 Å². The lowest BCUT2D eigenvalue weighted by molar-refractivity contribution is -0.122. The van der Waals surface area contributed by atoms with Crippen LogP contribution in [0.5, 0.6) is 0 Å². The van der Waals surface area contributed by atoms with E-state index in [1.54, 1.807) is 0 Å². The first-order valence-electron chi connectivity index (χ1n) is 7.15. The third kappa shape index (κ3) is 5.53. The highest BCUT2D eigenvalue weighted by Gasteiger charge is 2.22. The molecule has 1 saturated carbocycles. The number of hydrogen-bond donors (Lipinski definition) is 2. The van der Waals surface area contributed by atoms with E-state index in [1.807, 2.05) is 0 Å². The highest BCUT2D eigenvalue weighted by Crippen LogP contribution is 2.30. The molecule has 0 heterocycles. The Kier molecular flexibility index (Phi) is 6.56. The number of amides is 1. The molecular weight excluding hydrogens is 212 g/mol. The second kappa shape index (κ2) is 7.70. The number of carbonyl (C=O) groups is 1. The van der Waals surface area contributed by atoms with Crippen molar-refractivity contribution in [1.82, 2.24) is 5.32 Å². The van der Waals surface area contributed by atoms with Crippen LogP contribution >= 0.6 is 0 Å². The summed E-state index contributed by atoms with van der Waals surface area (Å²) in [6.07, 6.45) is 7.69. The Morgan fingerprint density at radius 2 is 1.88 bits per heavy atom. The topological polar surface area (TPSA) is 55.1 Å². The second-order valence-corrected chi connectivity index (χ2v) is 5.58. The molecule has 1 rings (SSSR count). The van der Waals surface area contributed by atoms with Crippen molar-refractivity contribution in [3.05, 3.63) is 0 Å². The molecule has 1 fully saturated rings. The Morgan fingerprint density at radius 3 is 2.41 bits per heavy atom. The molecule has 1 atom stereocenters. The fourth-order valence-electron chi connectivity index (χ4n) is 2.77. The summed E-state index contributed by atoms with van der Waals surface area (Å²) >= 11 is 0. The highest BCUT2D eigenvalue weighted by molar-refractivity contribution is 5.76. The first kappa shape index (κ1) is 14.5. The minimum atomic E-state index is 0.238. The van der Waals surface area contributed by atoms with Crippen LogP contribution in [0.1, 0.15) is 58.8 Å². The molecule has 0 aromatic rings. The molecule has 3 heteroatoms. The van der Waals surface area contributed by atoms with Crippen LogP contribution in [-0.4, -0.2) is 18.5 Å². The molecule has 0 aromatic heterocycles. The first-order chi connectivity index (χ1) is 8.15. The van der Waals surface area contributed by atoms with Gasteiger partial charge < -0.3 is 11.1 Å². The molecule has 0 radical (unpaired) electrons. The first-order valence-corrected chi connectivity index (χ1v) is 7.15. The fourth-order valence-corrected chi connectivity index (χ4v) is 2.77. The van der Waals surface area contributed by atoms with Crippen molar-refractivity contribution in [2.24, 2.45) is 17.6 Å². The number of nitrogens with one attached hydrogen (secondary N) is 1. The van der Waals surface area contributed by atoms with Crippen LogP contribution < -0.4 is 11.1 Å². The molecular formula is C14H28N2O. The van der Waals surface area contributed by atoms with Gasteiger partial charge in [0.2, 0.25) is 5.91 Å². The van der Waals surface area contributed by atoms with Gasteiger partial charge in [-0.25, -0.2) is 0 Å². The summed E-state index contributed by atoms with van der Waals surface area (Å²) in [4.78, 5) is 11.8. The van der Waals surface area contributed by atoms with Gasteiger partial charge in [-0.1, -0.05) is 13.3 Å². The van der Waals surface area contributed by atoms with E-state index in [4.69, 9.17) is 5.73 Å². The van der Waals surface area contributed by atoms with Crippen LogP contribution in [0.3, 0.4) is 0 Å². The summed E-state index contributed by atoms with van der Waals surface area (Å²) in [7, 11) is 0. The maximum atomic E-state index is 11.8. The van der Waals surface area contributed by atoms with Gasteiger partial charge in [0.25, 0.3) is 0 Å². The van der Waals surface area contributed by atoms with Crippen molar-refractivity contribution < 1.29 is 4.79 Å². The predicted molar refractivity (Wildman–Crippen MR) is 71.6 cm³/mol. The number of nitrogens with two attached hydrogens (primary N) is 1. The zero-order valence-corrected chi connectivity index (χ0v) is 11.4. The quantitative estimate of drug-likeness (QED) is 0.749. The lowest BCUT2D eigenvalue weighted by Crippen LogP contribution is -2.34. The summed E-state index contributed by atoms with van der Waals surface area (Å²) in [5.41, 5.74) is 5.67. The van der Waals surface area contributed by atoms with Crippen molar-refractivity contribution >= 4 is 5.91 Å². The van der Waals surface area contributed by atoms with Crippen LogP contribution in [0.4, 0.5) is 0 Å². The minimum Gasteiger partial charge on any atom is -0.354 e. The van der Waals surface area contributed by atoms with Gasteiger partial charge in [0.1, 0.15) is 0 Å². The molecule has 0 bridgehead atoms. The van der Waals surface area contributed by atoms with E-state index >= 15 is 0 Å². The van der Waals surface area contributed by atoms with Crippen LogP contribution in [0, 0.1) is 11.8 Å². The van der Waals surface area contributed by atoms with Crippen LogP contribution in [-0.2, 0) is 4.79 Å². The average molecular weight is 240 g/mol. The lowest BCUT2D eigenvalue weighted by Gasteiger charge is -2.27. The standard InChI is InChI=1S/C14H28N2O/c1-3-4-11(2)16-14(17)9-12-5-7-13(10-15)8-6-12/h11-13H,3-10,15H2,1-2H3,(H,16,17). The molecule has 100 valence electrons. The van der Waals surface area contributed by atoms with Crippen molar-refractivity contribution in [2.75, 3.05) is 6.54 Å². The maximum Gasteiger partial charge on any atom is 0.220 e. The third-order valence-electron chi connectivity index (χ3n) is 3.90. The van der Waals surface area contributed by atoms with Crippen molar-refractivity contribution in [1.29, 1.82) is 0 Å². The largest absolute Gasteiger partial charge is 0.354 e. The molecule has 1 unspecified atom stereocenters. The number of carbonyl (C=O) groups excluding carboxylic acids is 1. The second-order valence-electron chi connectivity index (χ2n) is 5.58. The molecule has 1 aliphatic rings. The van der Waals surface area contributed by atoms with Gasteiger partial charge in [0.05, 0.1) is 0 Å². The molecule has 17 heavy (non-hydrogen) atoms. The molecule has 0 aliphatic heterocycles. The SMILES string of the molecule is CCCC(C)NC(=O)CC1CCC(CN)CC1. The van der Waals surface area contributed by atoms with Gasteiger partial charge in [-0.2, -0.15) is 0 Å². The van der Waals surface area contributed by atoms with Gasteiger partial charge in [-0.3, -0.25) is 4.79 Å². The average Bonchev–Trinajstić information content (AvgIpc) is 2.30. The highest BCUT2D eigenvalue weighted by atomic mass is 16.1. The number of rotatable bonds is 6. The van der Waals surface area contributed by atoms with Gasteiger partial charge in [0.15, 0.2) is 0 Å². The summed E-state index contributed by atoms with van der Waals surface area (Å²) in [5, 5.41) is 3.09. The van der Waals surface area contributed by atoms with E-state index < -0.39 is 0 Å². The van der Waals surface area contributed by atoms with Gasteiger partial charge >= 0.3 is 0 Å². The fraction of sp³-hybridized carbons (Fsp3) is 0.929. The summed E-state index contributed by atoms with van der Waals surface area (Å²) in [6.45, 7) is 5.05. The van der Waals surface area contributed by atoms with E-state index in [9.17, 15) is 4.79 Å². The van der Waals surface area contributed by atoms with E-state index in [2.05, 4.69) is 19.2 Å². The van der Waals surface area contributed by atoms with Gasteiger partial charge in [-0.05, 0) is 57.4 Å². The minimum absolute atomic E-state index is 0.238. The zero-order chi connectivity index (χ0) is 12.7. The van der Waals surface area contributed by atoms with Gasteiger partial charge in [0, 0.05) is 12.5 Å². The molecule has 0 saturated heterocycles. The van der Waals surface area contributed by atoms with E-state index in [1.165, 1.54) is 25.7 Å². The van der Waals surface area contributed by atoms with E-state index in [0.717, 1.165) is 19.4 Å². The Bertz CT molecular complexity index is 222. The van der Waals surface area contributed by atoms with Gasteiger partial charge in [-0.15, -0.1) is 0 Å². The molecule has 0 spiro atoms. The Hall–Kier alpha value is -0.570. The Balaban J connectivity index is 2.19. The lowest BCUT2D eigenvalue weighted by atomic mass is 9.80. The molecule has 1 amide bonds. The summed E-state index contributed by atoms with van der Waals surface area (Å²) in [6, 6.07) is 0.327. The summed E-state index contributed by atoms with van der Waals surface area (Å²) in [5.74, 6) is 1.53. The third-order valence-corrected chi connectivity index (χ3v) is 3.90. The smallest absolute Gasteiger partial charge is 0.220 e. The molecule has 0 aromatic carbocycles. The van der Waals surface area contributed by atoms with Crippen molar-refractivity contribution in [3.8, 4) is 0 Å². The Labute approximate surface area is 106 Å². The maximum absolute atomic E-state index is 11.8. The normalized spacial score (nSPS) is 26.5. The van der Waals surface area contributed by atoms with E-state index in [-0.39, 0.29) is 5.91 Å². The zero-order valence-electron chi connectivity index (χ0n) is 11.4. The number of hydrogen-bond acceptors (Lipinski definition) is 2. The summed E-state index contributed by atoms with van der Waals surface area (Å²) < 4.78 is 0. The molecule has 3 N–H and O–H groups in total. The van der Waals surface area contributed by atoms with Crippen LogP contribution in [0.15, 0.2) is 0 Å². The van der Waals surface area contributed by atoms with Crippen molar-refractivity contribution in [2.45, 2.75) is 64.8 Å².